The fourth-order valence-electron chi connectivity index (χ4n) is 3.04. The number of imide groups is 2. The quantitative estimate of drug-likeness (QED) is 0.518. The second-order valence-electron chi connectivity index (χ2n) is 7.00. The monoisotopic (exact) mass is 408 g/mol. The van der Waals surface area contributed by atoms with Gasteiger partial charge in [0.1, 0.15) is 11.3 Å². The highest BCUT2D eigenvalue weighted by atomic mass is 16.5. The smallest absolute Gasteiger partial charge is 0.338 e. The van der Waals surface area contributed by atoms with Gasteiger partial charge in [0.2, 0.25) is 0 Å². The van der Waals surface area contributed by atoms with Crippen molar-refractivity contribution in [2.24, 2.45) is 0 Å². The number of nitrogens with zero attached hydrogens (tertiary/aromatic N) is 2. The lowest BCUT2D eigenvalue weighted by Crippen LogP contribution is -2.57. The number of benzene rings is 2. The van der Waals surface area contributed by atoms with Crippen molar-refractivity contribution >= 4 is 29.6 Å². The number of barbiturate groups is 1. The largest absolute Gasteiger partial charge is 0.491 e. The van der Waals surface area contributed by atoms with E-state index in [4.69, 9.17) is 9.47 Å². The summed E-state index contributed by atoms with van der Waals surface area (Å²) >= 11 is 0. The summed E-state index contributed by atoms with van der Waals surface area (Å²) in [5.74, 6) is -0.611. The Morgan fingerprint density at radius 1 is 0.933 bits per heavy atom. The summed E-state index contributed by atoms with van der Waals surface area (Å²) in [6.45, 7) is 4.07. The molecule has 0 saturated carbocycles. The van der Waals surface area contributed by atoms with E-state index in [2.05, 4.69) is 0 Å². The molecule has 2 aromatic rings. The minimum atomic E-state index is -0.689. The molecular formula is C23H24N2O5. The van der Waals surface area contributed by atoms with Crippen LogP contribution in [0.1, 0.15) is 19.4 Å². The van der Waals surface area contributed by atoms with Crippen LogP contribution in [0, 0.1) is 0 Å². The number of ether oxygens (including phenoxy) is 2. The van der Waals surface area contributed by atoms with E-state index >= 15 is 0 Å². The Kier molecular flexibility index (Phi) is 6.64. The topological polar surface area (TPSA) is 76.2 Å². The van der Waals surface area contributed by atoms with Crippen molar-refractivity contribution in [3.8, 4) is 5.75 Å². The van der Waals surface area contributed by atoms with Crippen LogP contribution in [0.5, 0.6) is 5.75 Å². The van der Waals surface area contributed by atoms with Crippen molar-refractivity contribution in [2.45, 2.75) is 20.0 Å². The van der Waals surface area contributed by atoms with Gasteiger partial charge in [-0.3, -0.25) is 14.5 Å². The first-order chi connectivity index (χ1) is 14.4. The molecule has 30 heavy (non-hydrogen) atoms. The zero-order valence-electron chi connectivity index (χ0n) is 17.2. The zero-order valence-corrected chi connectivity index (χ0v) is 17.2. The number of hydrogen-bond acceptors (Lipinski definition) is 5. The molecule has 1 fully saturated rings. The molecule has 3 rings (SSSR count). The molecule has 1 saturated heterocycles. The Bertz CT molecular complexity index is 951. The molecule has 7 nitrogen and oxygen atoms in total. The number of carbonyl (C=O) groups excluding carboxylic acids is 3. The molecule has 4 amide bonds. The summed E-state index contributed by atoms with van der Waals surface area (Å²) < 4.78 is 10.6. The Morgan fingerprint density at radius 3 is 2.20 bits per heavy atom. The molecule has 0 unspecified atom stereocenters. The molecule has 156 valence electrons. The molecule has 0 aliphatic carbocycles. The third kappa shape index (κ3) is 4.58. The highest BCUT2D eigenvalue weighted by molar-refractivity contribution is 6.39. The van der Waals surface area contributed by atoms with Crippen LogP contribution in [0.15, 0.2) is 60.2 Å². The molecule has 0 atom stereocenters. The summed E-state index contributed by atoms with van der Waals surface area (Å²) in [4.78, 5) is 41.0. The van der Waals surface area contributed by atoms with Crippen LogP contribution < -0.4 is 9.64 Å². The van der Waals surface area contributed by atoms with Gasteiger partial charge < -0.3 is 9.47 Å². The van der Waals surface area contributed by atoms with Gasteiger partial charge in [-0.1, -0.05) is 30.3 Å². The lowest BCUT2D eigenvalue weighted by atomic mass is 10.1. The summed E-state index contributed by atoms with van der Waals surface area (Å²) in [5.41, 5.74) is 0.956. The second-order valence-corrected chi connectivity index (χ2v) is 7.00. The maximum Gasteiger partial charge on any atom is 0.338 e. The van der Waals surface area contributed by atoms with E-state index in [1.165, 1.54) is 13.2 Å². The molecule has 0 aromatic heterocycles. The number of anilines is 1. The van der Waals surface area contributed by atoms with Crippen LogP contribution in [0.2, 0.25) is 0 Å². The fraction of sp³-hybridized carbons (Fsp3) is 0.261. The maximum atomic E-state index is 13.1. The van der Waals surface area contributed by atoms with Gasteiger partial charge in [0, 0.05) is 7.11 Å². The lowest BCUT2D eigenvalue weighted by molar-refractivity contribution is -0.129. The first-order valence-corrected chi connectivity index (χ1v) is 9.65. The number of amides is 4. The van der Waals surface area contributed by atoms with Crippen molar-refractivity contribution in [1.29, 1.82) is 0 Å². The maximum absolute atomic E-state index is 13.1. The molecule has 2 aromatic carbocycles. The molecule has 0 N–H and O–H groups in total. The third-order valence-corrected chi connectivity index (χ3v) is 4.43. The van der Waals surface area contributed by atoms with Crippen LogP contribution in [0.25, 0.3) is 6.08 Å². The van der Waals surface area contributed by atoms with Gasteiger partial charge >= 0.3 is 6.03 Å². The van der Waals surface area contributed by atoms with Crippen molar-refractivity contribution in [3.63, 3.8) is 0 Å². The first-order valence-electron chi connectivity index (χ1n) is 9.65. The molecule has 1 aliphatic heterocycles. The Morgan fingerprint density at radius 2 is 1.60 bits per heavy atom. The van der Waals surface area contributed by atoms with E-state index in [-0.39, 0.29) is 24.8 Å². The van der Waals surface area contributed by atoms with E-state index in [9.17, 15) is 14.4 Å². The molecule has 1 aliphatic rings. The SMILES string of the molecule is COCCN1C(=O)/C(=C\c2ccc(OC(C)C)cc2)C(=O)N(c2ccccc2)C1=O. The van der Waals surface area contributed by atoms with Crippen molar-refractivity contribution in [3.05, 3.63) is 65.7 Å². The Labute approximate surface area is 175 Å². The van der Waals surface area contributed by atoms with Crippen LogP contribution in [-0.4, -0.2) is 49.1 Å². The summed E-state index contributed by atoms with van der Waals surface area (Å²) in [5, 5.41) is 0. The number of hydrogen-bond donors (Lipinski definition) is 0. The number of methoxy groups -OCH3 is 1. The van der Waals surface area contributed by atoms with Gasteiger partial charge in [0.15, 0.2) is 0 Å². The number of rotatable bonds is 7. The zero-order chi connectivity index (χ0) is 21.7. The van der Waals surface area contributed by atoms with E-state index in [1.807, 2.05) is 13.8 Å². The van der Waals surface area contributed by atoms with E-state index in [0.29, 0.717) is 17.0 Å². The van der Waals surface area contributed by atoms with E-state index in [0.717, 1.165) is 9.80 Å². The van der Waals surface area contributed by atoms with Crippen LogP contribution in [-0.2, 0) is 14.3 Å². The average molecular weight is 408 g/mol. The first kappa shape index (κ1) is 21.3. The van der Waals surface area contributed by atoms with Crippen LogP contribution >= 0.6 is 0 Å². The standard InChI is InChI=1S/C23H24N2O5/c1-16(2)30-19-11-9-17(10-12-19)15-20-21(26)24(13-14-29-3)23(28)25(22(20)27)18-7-5-4-6-8-18/h4-12,15-16H,13-14H2,1-3H3/b20-15+. The Hall–Kier alpha value is -3.45. The van der Waals surface area contributed by atoms with Gasteiger partial charge in [-0.25, -0.2) is 9.69 Å². The van der Waals surface area contributed by atoms with Crippen molar-refractivity contribution in [2.75, 3.05) is 25.2 Å². The second kappa shape index (κ2) is 9.37. The summed E-state index contributed by atoms with van der Waals surface area (Å²) in [6.07, 6.45) is 1.53. The third-order valence-electron chi connectivity index (χ3n) is 4.43. The highest BCUT2D eigenvalue weighted by Crippen LogP contribution is 2.26. The molecule has 0 radical (unpaired) electrons. The van der Waals surface area contributed by atoms with Gasteiger partial charge in [-0.2, -0.15) is 0 Å². The van der Waals surface area contributed by atoms with Gasteiger partial charge in [0.25, 0.3) is 11.8 Å². The predicted molar refractivity (Wildman–Crippen MR) is 113 cm³/mol. The fourth-order valence-corrected chi connectivity index (χ4v) is 3.04. The van der Waals surface area contributed by atoms with Crippen molar-refractivity contribution < 1.29 is 23.9 Å². The summed E-state index contributed by atoms with van der Waals surface area (Å²) in [7, 11) is 1.48. The van der Waals surface area contributed by atoms with Crippen LogP contribution in [0.3, 0.4) is 0 Å². The van der Waals surface area contributed by atoms with Gasteiger partial charge in [-0.05, 0) is 49.8 Å². The molecule has 0 bridgehead atoms. The molecular weight excluding hydrogens is 384 g/mol. The van der Waals surface area contributed by atoms with E-state index < -0.39 is 17.8 Å². The number of urea groups is 1. The van der Waals surface area contributed by atoms with Crippen molar-refractivity contribution in [1.82, 2.24) is 4.90 Å². The predicted octanol–water partition coefficient (Wildman–Crippen LogP) is 3.50. The normalized spacial score (nSPS) is 16.0. The van der Waals surface area contributed by atoms with Gasteiger partial charge in [-0.15, -0.1) is 0 Å². The molecule has 7 heteroatoms. The van der Waals surface area contributed by atoms with Crippen LogP contribution in [0.4, 0.5) is 10.5 Å². The molecule has 0 spiro atoms. The van der Waals surface area contributed by atoms with E-state index in [1.54, 1.807) is 54.6 Å². The Balaban J connectivity index is 1.98. The molecule has 1 heterocycles. The average Bonchev–Trinajstić information content (AvgIpc) is 2.73. The number of carbonyl (C=O) groups is 3. The summed E-state index contributed by atoms with van der Waals surface area (Å²) in [6, 6.07) is 14.9. The lowest BCUT2D eigenvalue weighted by Gasteiger charge is -2.33. The number of para-hydroxylation sites is 1. The minimum Gasteiger partial charge on any atom is -0.491 e. The highest BCUT2D eigenvalue weighted by Gasteiger charge is 2.42. The minimum absolute atomic E-state index is 0.0375. The van der Waals surface area contributed by atoms with Gasteiger partial charge in [0.05, 0.1) is 24.9 Å².